The van der Waals surface area contributed by atoms with Gasteiger partial charge in [0.15, 0.2) is 9.84 Å². The second-order valence-corrected chi connectivity index (χ2v) is 7.51. The Kier molecular flexibility index (Phi) is 3.60. The maximum absolute atomic E-state index is 13.2. The first kappa shape index (κ1) is 14.0. The van der Waals surface area contributed by atoms with E-state index in [-0.39, 0.29) is 16.3 Å². The number of hydrogen-bond acceptors (Lipinski definition) is 5. The van der Waals surface area contributed by atoms with E-state index in [0.717, 1.165) is 22.7 Å². The molecule has 2 aromatic rings. The van der Waals surface area contributed by atoms with Crippen LogP contribution in [-0.2, 0) is 15.6 Å². The van der Waals surface area contributed by atoms with Gasteiger partial charge in [-0.1, -0.05) is 0 Å². The van der Waals surface area contributed by atoms with Crippen molar-refractivity contribution >= 4 is 26.9 Å². The molecule has 0 amide bonds. The average molecular weight is 300 g/mol. The number of benzene rings is 1. The standard InChI is InChI=1S/C12H13FN2O2S2/c1-7-8(2)18-12(15-7)6-19(16,17)11-4-9(13)3-10(14)5-11/h3-5H,6,14H2,1-2H3. The van der Waals surface area contributed by atoms with Crippen LogP contribution in [0.25, 0.3) is 0 Å². The number of sulfone groups is 1. The molecule has 0 aliphatic heterocycles. The Labute approximate surface area is 115 Å². The number of anilines is 1. The molecule has 102 valence electrons. The van der Waals surface area contributed by atoms with Gasteiger partial charge in [0.1, 0.15) is 16.6 Å². The van der Waals surface area contributed by atoms with Crippen molar-refractivity contribution in [3.63, 3.8) is 0 Å². The van der Waals surface area contributed by atoms with Crippen LogP contribution in [0.5, 0.6) is 0 Å². The van der Waals surface area contributed by atoms with Crippen molar-refractivity contribution in [2.75, 3.05) is 5.73 Å². The lowest BCUT2D eigenvalue weighted by Crippen LogP contribution is -2.06. The quantitative estimate of drug-likeness (QED) is 0.884. The lowest BCUT2D eigenvalue weighted by Gasteiger charge is -2.04. The van der Waals surface area contributed by atoms with Gasteiger partial charge in [-0.25, -0.2) is 17.8 Å². The van der Waals surface area contributed by atoms with Gasteiger partial charge < -0.3 is 5.73 Å². The van der Waals surface area contributed by atoms with Crippen LogP contribution in [0.1, 0.15) is 15.6 Å². The zero-order valence-electron chi connectivity index (χ0n) is 10.5. The number of aromatic nitrogens is 1. The van der Waals surface area contributed by atoms with Gasteiger partial charge in [0, 0.05) is 10.6 Å². The second kappa shape index (κ2) is 4.90. The first-order valence-corrected chi connectivity index (χ1v) is 7.96. The molecule has 0 saturated carbocycles. The minimum Gasteiger partial charge on any atom is -0.399 e. The first-order valence-electron chi connectivity index (χ1n) is 5.49. The Morgan fingerprint density at radius 2 is 2.00 bits per heavy atom. The summed E-state index contributed by atoms with van der Waals surface area (Å²) >= 11 is 1.33. The number of nitrogens with two attached hydrogens (primary N) is 1. The Morgan fingerprint density at radius 1 is 1.32 bits per heavy atom. The summed E-state index contributed by atoms with van der Waals surface area (Å²) in [6.45, 7) is 3.70. The van der Waals surface area contributed by atoms with Gasteiger partial charge in [-0.05, 0) is 32.0 Å². The van der Waals surface area contributed by atoms with Crippen LogP contribution < -0.4 is 5.73 Å². The molecule has 2 N–H and O–H groups in total. The fraction of sp³-hybridized carbons (Fsp3) is 0.250. The second-order valence-electron chi connectivity index (χ2n) is 4.23. The van der Waals surface area contributed by atoms with Gasteiger partial charge in [0.25, 0.3) is 0 Å². The molecule has 0 saturated heterocycles. The highest BCUT2D eigenvalue weighted by Gasteiger charge is 2.19. The molecule has 2 rings (SSSR count). The first-order chi connectivity index (χ1) is 8.78. The third-order valence-corrected chi connectivity index (χ3v) is 5.50. The van der Waals surface area contributed by atoms with Crippen LogP contribution in [0, 0.1) is 19.7 Å². The predicted molar refractivity (Wildman–Crippen MR) is 73.3 cm³/mol. The molecule has 4 nitrogen and oxygen atoms in total. The maximum atomic E-state index is 13.2. The summed E-state index contributed by atoms with van der Waals surface area (Å²) in [6.07, 6.45) is 0. The molecule has 0 atom stereocenters. The molecule has 0 aliphatic rings. The molecule has 0 aliphatic carbocycles. The highest BCUT2D eigenvalue weighted by molar-refractivity contribution is 7.90. The smallest absolute Gasteiger partial charge is 0.185 e. The van der Waals surface area contributed by atoms with E-state index in [9.17, 15) is 12.8 Å². The van der Waals surface area contributed by atoms with E-state index >= 15 is 0 Å². The molecule has 0 fully saturated rings. The maximum Gasteiger partial charge on any atom is 0.185 e. The van der Waals surface area contributed by atoms with Crippen molar-refractivity contribution in [1.82, 2.24) is 4.98 Å². The number of halogens is 1. The van der Waals surface area contributed by atoms with Crippen molar-refractivity contribution in [3.8, 4) is 0 Å². The molecular formula is C12H13FN2O2S2. The van der Waals surface area contributed by atoms with Crippen molar-refractivity contribution in [2.45, 2.75) is 24.5 Å². The summed E-state index contributed by atoms with van der Waals surface area (Å²) in [5.74, 6) is -0.903. The monoisotopic (exact) mass is 300 g/mol. The highest BCUT2D eigenvalue weighted by Crippen LogP contribution is 2.24. The van der Waals surface area contributed by atoms with Crippen molar-refractivity contribution in [1.29, 1.82) is 0 Å². The molecule has 1 heterocycles. The van der Waals surface area contributed by atoms with Gasteiger partial charge in [-0.15, -0.1) is 11.3 Å². The van der Waals surface area contributed by atoms with E-state index in [4.69, 9.17) is 5.73 Å². The van der Waals surface area contributed by atoms with E-state index in [1.54, 1.807) is 0 Å². The summed E-state index contributed by atoms with van der Waals surface area (Å²) in [7, 11) is -3.63. The summed E-state index contributed by atoms with van der Waals surface area (Å²) in [5.41, 5.74) is 6.36. The molecule has 1 aromatic carbocycles. The Bertz CT molecular complexity index is 684. The Morgan fingerprint density at radius 3 is 2.53 bits per heavy atom. The molecule has 19 heavy (non-hydrogen) atoms. The van der Waals surface area contributed by atoms with Crippen LogP contribution in [0.15, 0.2) is 23.1 Å². The molecule has 1 aromatic heterocycles. The van der Waals surface area contributed by atoms with Crippen LogP contribution in [0.4, 0.5) is 10.1 Å². The highest BCUT2D eigenvalue weighted by atomic mass is 32.2. The molecule has 7 heteroatoms. The Balaban J connectivity index is 2.37. The van der Waals surface area contributed by atoms with Gasteiger partial charge in [-0.2, -0.15) is 0 Å². The van der Waals surface area contributed by atoms with Gasteiger partial charge in [0.05, 0.1) is 10.6 Å². The molecule has 0 radical (unpaired) electrons. The summed E-state index contributed by atoms with van der Waals surface area (Å²) < 4.78 is 37.5. The lowest BCUT2D eigenvalue weighted by molar-refractivity contribution is 0.590. The third-order valence-electron chi connectivity index (χ3n) is 2.64. The number of nitrogens with zero attached hydrogens (tertiary/aromatic N) is 1. The zero-order chi connectivity index (χ0) is 14.2. The number of hydrogen-bond donors (Lipinski definition) is 1. The fourth-order valence-electron chi connectivity index (χ4n) is 1.61. The number of thiazole rings is 1. The minimum absolute atomic E-state index is 0.0880. The van der Waals surface area contributed by atoms with Crippen LogP contribution in [0.2, 0.25) is 0 Å². The topological polar surface area (TPSA) is 73.0 Å². The number of nitrogen functional groups attached to an aromatic ring is 1. The van der Waals surface area contributed by atoms with Gasteiger partial charge >= 0.3 is 0 Å². The average Bonchev–Trinajstić information content (AvgIpc) is 2.55. The summed E-state index contributed by atoms with van der Waals surface area (Å²) in [4.78, 5) is 5.04. The van der Waals surface area contributed by atoms with Gasteiger partial charge in [-0.3, -0.25) is 0 Å². The molecule has 0 bridgehead atoms. The predicted octanol–water partition coefficient (Wildman–Crippen LogP) is 2.46. The Hall–Kier alpha value is -1.47. The minimum atomic E-state index is -3.63. The van der Waals surface area contributed by atoms with E-state index in [2.05, 4.69) is 4.98 Å². The number of aryl methyl sites for hydroxylation is 2. The van der Waals surface area contributed by atoms with E-state index in [1.807, 2.05) is 13.8 Å². The third kappa shape index (κ3) is 3.10. The number of rotatable bonds is 3. The molecule has 0 spiro atoms. The fourth-order valence-corrected chi connectivity index (χ4v) is 4.21. The molecule has 0 unspecified atom stereocenters. The van der Waals surface area contributed by atoms with Crippen molar-refractivity contribution in [3.05, 3.63) is 39.6 Å². The van der Waals surface area contributed by atoms with E-state index in [0.29, 0.717) is 5.01 Å². The SMILES string of the molecule is Cc1nc(CS(=O)(=O)c2cc(N)cc(F)c2)sc1C. The van der Waals surface area contributed by atoms with Crippen molar-refractivity contribution < 1.29 is 12.8 Å². The van der Waals surface area contributed by atoms with E-state index < -0.39 is 15.7 Å². The van der Waals surface area contributed by atoms with Gasteiger partial charge in [0.2, 0.25) is 0 Å². The van der Waals surface area contributed by atoms with Crippen LogP contribution in [-0.4, -0.2) is 13.4 Å². The van der Waals surface area contributed by atoms with Crippen molar-refractivity contribution in [2.24, 2.45) is 0 Å². The normalized spacial score (nSPS) is 11.7. The van der Waals surface area contributed by atoms with Crippen LogP contribution in [0.3, 0.4) is 0 Å². The summed E-state index contributed by atoms with van der Waals surface area (Å²) in [6, 6.07) is 3.31. The summed E-state index contributed by atoms with van der Waals surface area (Å²) in [5, 5.41) is 0.498. The lowest BCUT2D eigenvalue weighted by atomic mass is 10.3. The zero-order valence-corrected chi connectivity index (χ0v) is 12.1. The van der Waals surface area contributed by atoms with E-state index in [1.165, 1.54) is 17.4 Å². The van der Waals surface area contributed by atoms with Crippen LogP contribution >= 0.6 is 11.3 Å². The molecular weight excluding hydrogens is 287 g/mol. The largest absolute Gasteiger partial charge is 0.399 e.